The number of hydrogen-bond donors (Lipinski definition) is 1. The number of aryl methyl sites for hydroxylation is 1. The fourth-order valence-electron chi connectivity index (χ4n) is 2.37. The molecule has 3 aromatic rings. The Morgan fingerprint density at radius 1 is 1.25 bits per heavy atom. The molecule has 0 unspecified atom stereocenters. The van der Waals surface area contributed by atoms with Crippen LogP contribution < -0.4 is 5.56 Å². The van der Waals surface area contributed by atoms with Crippen LogP contribution in [0.1, 0.15) is 32.5 Å². The number of Topliss-reactive ketones (excluding diaryl/α,β-unsaturated/α-hetero) is 2. The predicted octanol–water partition coefficient (Wildman–Crippen LogP) is 3.47. The normalized spacial score (nSPS) is 10.9. The molecule has 0 bridgehead atoms. The zero-order chi connectivity index (χ0) is 17.3. The van der Waals surface area contributed by atoms with Crippen LogP contribution in [-0.2, 0) is 0 Å². The van der Waals surface area contributed by atoms with Crippen molar-refractivity contribution in [1.29, 1.82) is 0 Å². The van der Waals surface area contributed by atoms with E-state index in [1.807, 2.05) is 18.2 Å². The van der Waals surface area contributed by atoms with Crippen LogP contribution in [0.15, 0.2) is 40.3 Å². The Morgan fingerprint density at radius 2 is 1.96 bits per heavy atom. The maximum absolute atomic E-state index is 12.3. The summed E-state index contributed by atoms with van der Waals surface area (Å²) in [6.07, 6.45) is 0. The second-order valence-corrected chi connectivity index (χ2v) is 7.20. The number of fused-ring (bicyclic) bond motifs is 1. The molecule has 0 spiro atoms. The molecule has 0 aliphatic heterocycles. The van der Waals surface area contributed by atoms with Gasteiger partial charge in [0.2, 0.25) is 0 Å². The number of ketones is 2. The minimum atomic E-state index is -0.282. The van der Waals surface area contributed by atoms with E-state index >= 15 is 0 Å². The average molecular weight is 358 g/mol. The van der Waals surface area contributed by atoms with Crippen molar-refractivity contribution in [3.63, 3.8) is 0 Å². The summed E-state index contributed by atoms with van der Waals surface area (Å²) in [4.78, 5) is 44.2. The summed E-state index contributed by atoms with van der Waals surface area (Å²) in [7, 11) is 0. The van der Waals surface area contributed by atoms with Gasteiger partial charge in [0, 0.05) is 5.56 Å². The lowest BCUT2D eigenvalue weighted by atomic mass is 10.2. The number of nitrogens with one attached hydrogen (secondary N) is 1. The Balaban J connectivity index is 1.87. The Morgan fingerprint density at radius 3 is 2.62 bits per heavy atom. The van der Waals surface area contributed by atoms with Gasteiger partial charge in [-0.25, -0.2) is 4.98 Å². The minimum Gasteiger partial charge on any atom is -0.301 e. The first-order valence-electron chi connectivity index (χ1n) is 7.22. The highest BCUT2D eigenvalue weighted by Crippen LogP contribution is 2.28. The van der Waals surface area contributed by atoms with Crippen molar-refractivity contribution < 1.29 is 9.59 Å². The fourth-order valence-corrected chi connectivity index (χ4v) is 4.26. The van der Waals surface area contributed by atoms with E-state index in [-0.39, 0.29) is 22.9 Å². The first-order chi connectivity index (χ1) is 11.5. The average Bonchev–Trinajstić information content (AvgIpc) is 2.91. The lowest BCUT2D eigenvalue weighted by Gasteiger charge is -2.01. The number of thioether (sulfide) groups is 1. The van der Waals surface area contributed by atoms with Gasteiger partial charge < -0.3 is 4.98 Å². The predicted molar refractivity (Wildman–Crippen MR) is 96.5 cm³/mol. The van der Waals surface area contributed by atoms with Crippen molar-refractivity contribution in [1.82, 2.24) is 9.97 Å². The van der Waals surface area contributed by atoms with Gasteiger partial charge in [-0.15, -0.1) is 11.3 Å². The number of carbonyl (C=O) groups is 2. The second-order valence-electron chi connectivity index (χ2n) is 5.24. The maximum atomic E-state index is 12.3. The molecule has 24 heavy (non-hydrogen) atoms. The summed E-state index contributed by atoms with van der Waals surface area (Å²) in [5.74, 6) is 0.0704. The molecular weight excluding hydrogens is 344 g/mol. The molecule has 0 atom stereocenters. The van der Waals surface area contributed by atoms with Gasteiger partial charge in [0.25, 0.3) is 5.56 Å². The summed E-state index contributed by atoms with van der Waals surface area (Å²) in [5, 5.41) is 0.831. The third-order valence-electron chi connectivity index (χ3n) is 3.53. The minimum absolute atomic E-state index is 0.0323. The zero-order valence-corrected chi connectivity index (χ0v) is 14.7. The molecule has 0 aliphatic carbocycles. The first kappa shape index (κ1) is 16.6. The number of benzene rings is 1. The number of thiophene rings is 1. The van der Waals surface area contributed by atoms with Crippen molar-refractivity contribution in [3.05, 3.63) is 56.7 Å². The van der Waals surface area contributed by atoms with Gasteiger partial charge in [-0.2, -0.15) is 0 Å². The van der Waals surface area contributed by atoms with Crippen LogP contribution in [0.3, 0.4) is 0 Å². The number of aromatic amines is 1. The summed E-state index contributed by atoms with van der Waals surface area (Å²) < 4.78 is 0. The van der Waals surface area contributed by atoms with Crippen molar-refractivity contribution in [3.8, 4) is 0 Å². The van der Waals surface area contributed by atoms with Crippen LogP contribution in [-0.4, -0.2) is 27.3 Å². The van der Waals surface area contributed by atoms with Gasteiger partial charge in [0.1, 0.15) is 4.83 Å². The van der Waals surface area contributed by atoms with E-state index in [9.17, 15) is 14.4 Å². The standard InChI is InChI=1S/C17H14N2O3S2/c1-9-13-15(22)18-17(19-16(13)24-14(9)10(2)20)23-8-12(21)11-6-4-3-5-7-11/h3-7H,8H2,1-2H3,(H,18,19,22). The van der Waals surface area contributed by atoms with Crippen molar-refractivity contribution in [2.24, 2.45) is 0 Å². The smallest absolute Gasteiger partial charge is 0.260 e. The highest BCUT2D eigenvalue weighted by atomic mass is 32.2. The largest absolute Gasteiger partial charge is 0.301 e. The molecule has 0 radical (unpaired) electrons. The SMILES string of the molecule is CC(=O)c1sc2nc(SCC(=O)c3ccccc3)[nH]c(=O)c2c1C. The molecule has 2 aromatic heterocycles. The molecule has 3 rings (SSSR count). The molecular formula is C17H14N2O3S2. The van der Waals surface area contributed by atoms with Crippen LogP contribution >= 0.6 is 23.1 Å². The van der Waals surface area contributed by atoms with Gasteiger partial charge in [0.15, 0.2) is 16.7 Å². The van der Waals surface area contributed by atoms with Crippen LogP contribution in [0.4, 0.5) is 0 Å². The van der Waals surface area contributed by atoms with Crippen LogP contribution in [0.2, 0.25) is 0 Å². The van der Waals surface area contributed by atoms with Crippen molar-refractivity contribution in [2.45, 2.75) is 19.0 Å². The van der Waals surface area contributed by atoms with Crippen molar-refractivity contribution in [2.75, 3.05) is 5.75 Å². The van der Waals surface area contributed by atoms with Gasteiger partial charge in [-0.05, 0) is 19.4 Å². The molecule has 0 aliphatic rings. The number of H-pyrrole nitrogens is 1. The molecule has 1 N–H and O–H groups in total. The third kappa shape index (κ3) is 3.18. The molecule has 1 aromatic carbocycles. The Labute approximate surface area is 146 Å². The van der Waals surface area contributed by atoms with Crippen molar-refractivity contribution >= 4 is 44.9 Å². The van der Waals surface area contributed by atoms with E-state index in [1.54, 1.807) is 19.1 Å². The summed E-state index contributed by atoms with van der Waals surface area (Å²) in [6, 6.07) is 8.97. The van der Waals surface area contributed by atoms with E-state index in [2.05, 4.69) is 9.97 Å². The Kier molecular flexibility index (Phi) is 4.64. The first-order valence-corrected chi connectivity index (χ1v) is 9.03. The highest BCUT2D eigenvalue weighted by Gasteiger charge is 2.17. The number of aromatic nitrogens is 2. The Hall–Kier alpha value is -2.25. The molecule has 0 fully saturated rings. The molecule has 0 amide bonds. The molecule has 5 nitrogen and oxygen atoms in total. The number of carbonyl (C=O) groups excluding carboxylic acids is 2. The number of rotatable bonds is 5. The van der Waals surface area contributed by atoms with Gasteiger partial charge >= 0.3 is 0 Å². The van der Waals surface area contributed by atoms with Crippen LogP contribution in [0.5, 0.6) is 0 Å². The molecule has 7 heteroatoms. The summed E-state index contributed by atoms with van der Waals surface area (Å²) >= 11 is 2.39. The van der Waals surface area contributed by atoms with E-state index in [1.165, 1.54) is 30.0 Å². The highest BCUT2D eigenvalue weighted by molar-refractivity contribution is 7.99. The van der Waals surface area contributed by atoms with Gasteiger partial charge in [-0.3, -0.25) is 14.4 Å². The second kappa shape index (κ2) is 6.70. The fraction of sp³-hybridized carbons (Fsp3) is 0.176. The zero-order valence-electron chi connectivity index (χ0n) is 13.1. The number of hydrogen-bond acceptors (Lipinski definition) is 6. The lowest BCUT2D eigenvalue weighted by Crippen LogP contribution is -2.10. The molecule has 122 valence electrons. The lowest BCUT2D eigenvalue weighted by molar-refractivity contribution is 0.101. The van der Waals surface area contributed by atoms with Crippen LogP contribution in [0.25, 0.3) is 10.2 Å². The topological polar surface area (TPSA) is 79.9 Å². The quantitative estimate of drug-likeness (QED) is 0.429. The molecule has 2 heterocycles. The summed E-state index contributed by atoms with van der Waals surface area (Å²) in [5.41, 5.74) is 1.00. The van der Waals surface area contributed by atoms with E-state index in [0.29, 0.717) is 31.4 Å². The monoisotopic (exact) mass is 358 g/mol. The Bertz CT molecular complexity index is 990. The molecule has 0 saturated heterocycles. The third-order valence-corrected chi connectivity index (χ3v) is 5.69. The molecule has 0 saturated carbocycles. The van der Waals surface area contributed by atoms with E-state index in [0.717, 1.165) is 0 Å². The van der Waals surface area contributed by atoms with E-state index < -0.39 is 0 Å². The van der Waals surface area contributed by atoms with Crippen LogP contribution in [0, 0.1) is 6.92 Å². The summed E-state index contributed by atoms with van der Waals surface area (Å²) in [6.45, 7) is 3.22. The van der Waals surface area contributed by atoms with Gasteiger partial charge in [0.05, 0.1) is 16.0 Å². The van der Waals surface area contributed by atoms with E-state index in [4.69, 9.17) is 0 Å². The number of nitrogens with zero attached hydrogens (tertiary/aromatic N) is 1. The maximum Gasteiger partial charge on any atom is 0.260 e. The van der Waals surface area contributed by atoms with Gasteiger partial charge in [-0.1, -0.05) is 42.1 Å².